The fraction of sp³-hybridized carbons (Fsp3) is 0.625. The van der Waals surface area contributed by atoms with Crippen LogP contribution in [-0.2, 0) is 14.3 Å². The molecule has 0 aromatic heterocycles. The van der Waals surface area contributed by atoms with Gasteiger partial charge in [0.2, 0.25) is 0 Å². The minimum Gasteiger partial charge on any atom is -0.458 e. The van der Waals surface area contributed by atoms with Crippen molar-refractivity contribution in [2.24, 2.45) is 11.8 Å². The van der Waals surface area contributed by atoms with Gasteiger partial charge in [-0.2, -0.15) is 0 Å². The molecule has 0 aromatic rings. The lowest BCUT2D eigenvalue weighted by atomic mass is 9.75. The molecule has 3 heteroatoms. The summed E-state index contributed by atoms with van der Waals surface area (Å²) >= 11 is 0. The van der Waals surface area contributed by atoms with Gasteiger partial charge in [0, 0.05) is 5.57 Å². The summed E-state index contributed by atoms with van der Waals surface area (Å²) in [4.78, 5) is 23.8. The van der Waals surface area contributed by atoms with Gasteiger partial charge in [-0.15, -0.1) is 0 Å². The Morgan fingerprint density at radius 2 is 1.74 bits per heavy atom. The third-order valence-corrected chi connectivity index (χ3v) is 3.65. The highest BCUT2D eigenvalue weighted by atomic mass is 16.5. The Morgan fingerprint density at radius 1 is 1.16 bits per heavy atom. The van der Waals surface area contributed by atoms with E-state index in [2.05, 4.69) is 13.2 Å². The van der Waals surface area contributed by atoms with E-state index in [4.69, 9.17) is 4.74 Å². The fourth-order valence-corrected chi connectivity index (χ4v) is 2.74. The predicted molar refractivity (Wildman–Crippen MR) is 75.7 cm³/mol. The van der Waals surface area contributed by atoms with Crippen molar-refractivity contribution in [2.45, 2.75) is 46.0 Å². The van der Waals surface area contributed by atoms with Gasteiger partial charge in [0.05, 0.1) is 5.92 Å². The van der Waals surface area contributed by atoms with Crippen LogP contribution >= 0.6 is 0 Å². The molecule has 1 aliphatic rings. The molecule has 0 aliphatic heterocycles. The summed E-state index contributed by atoms with van der Waals surface area (Å²) in [6, 6.07) is 0. The van der Waals surface area contributed by atoms with Crippen LogP contribution in [0.5, 0.6) is 0 Å². The van der Waals surface area contributed by atoms with Crippen molar-refractivity contribution >= 4 is 11.8 Å². The maximum atomic E-state index is 11.9. The molecule has 0 saturated heterocycles. The zero-order chi connectivity index (χ0) is 14.4. The Labute approximate surface area is 115 Å². The molecule has 106 valence electrons. The quantitative estimate of drug-likeness (QED) is 0.419. The highest BCUT2D eigenvalue weighted by Gasteiger charge is 2.32. The van der Waals surface area contributed by atoms with E-state index in [1.165, 1.54) is 13.3 Å². The second kappa shape index (κ2) is 7.27. The molecule has 1 fully saturated rings. The van der Waals surface area contributed by atoms with E-state index in [-0.39, 0.29) is 24.2 Å². The van der Waals surface area contributed by atoms with Crippen molar-refractivity contribution in [1.29, 1.82) is 0 Å². The Balaban J connectivity index is 2.69. The summed E-state index contributed by atoms with van der Waals surface area (Å²) in [5, 5.41) is 0. The first-order chi connectivity index (χ1) is 8.93. The first kappa shape index (κ1) is 15.7. The van der Waals surface area contributed by atoms with Gasteiger partial charge in [-0.3, -0.25) is 4.79 Å². The van der Waals surface area contributed by atoms with E-state index in [9.17, 15) is 9.59 Å². The van der Waals surface area contributed by atoms with Gasteiger partial charge in [0.25, 0.3) is 0 Å². The summed E-state index contributed by atoms with van der Waals surface area (Å²) < 4.78 is 5.10. The first-order valence-electron chi connectivity index (χ1n) is 6.94. The minimum atomic E-state index is -0.464. The van der Waals surface area contributed by atoms with Crippen molar-refractivity contribution in [3.8, 4) is 0 Å². The summed E-state index contributed by atoms with van der Waals surface area (Å²) in [5.74, 6) is -0.577. The smallest absolute Gasteiger partial charge is 0.334 e. The Hall–Kier alpha value is -1.38. The van der Waals surface area contributed by atoms with Crippen molar-refractivity contribution in [3.05, 3.63) is 24.3 Å². The second-order valence-electron chi connectivity index (χ2n) is 5.54. The van der Waals surface area contributed by atoms with Gasteiger partial charge in [0.15, 0.2) is 0 Å². The van der Waals surface area contributed by atoms with E-state index in [1.54, 1.807) is 6.92 Å². The van der Waals surface area contributed by atoms with Crippen molar-refractivity contribution in [3.63, 3.8) is 0 Å². The zero-order valence-electron chi connectivity index (χ0n) is 12.0. The molecule has 0 radical (unpaired) electrons. The molecule has 1 rings (SSSR count). The van der Waals surface area contributed by atoms with Crippen LogP contribution in [0.4, 0.5) is 0 Å². The molecule has 1 unspecified atom stereocenters. The molecule has 1 atom stereocenters. The summed E-state index contributed by atoms with van der Waals surface area (Å²) in [5.41, 5.74) is 1.08. The third kappa shape index (κ3) is 4.66. The lowest BCUT2D eigenvalue weighted by Crippen LogP contribution is -2.29. The third-order valence-electron chi connectivity index (χ3n) is 3.65. The van der Waals surface area contributed by atoms with Gasteiger partial charge in [-0.1, -0.05) is 32.4 Å². The van der Waals surface area contributed by atoms with Crippen molar-refractivity contribution < 1.29 is 14.3 Å². The fourth-order valence-electron chi connectivity index (χ4n) is 2.74. The topological polar surface area (TPSA) is 43.4 Å². The predicted octanol–water partition coefficient (Wildman–Crippen LogP) is 3.45. The number of hydrogen-bond acceptors (Lipinski definition) is 3. The highest BCUT2D eigenvalue weighted by molar-refractivity contribution is 5.96. The van der Waals surface area contributed by atoms with Gasteiger partial charge >= 0.3 is 5.97 Å². The molecule has 0 N–H and O–H groups in total. The van der Waals surface area contributed by atoms with Crippen LogP contribution in [0.2, 0.25) is 0 Å². The number of hydrogen-bond donors (Lipinski definition) is 0. The number of ether oxygens (including phenoxy) is 1. The molecule has 1 saturated carbocycles. The van der Waals surface area contributed by atoms with Crippen molar-refractivity contribution in [2.75, 3.05) is 6.61 Å². The lowest BCUT2D eigenvalue weighted by Gasteiger charge is -2.29. The Kier molecular flexibility index (Phi) is 6.00. The number of Topliss-reactive ketones (excluding diaryl/α,β-unsaturated/α-hetero) is 1. The number of esters is 1. The molecule has 0 bridgehead atoms. The molecular formula is C16H24O3. The highest BCUT2D eigenvalue weighted by Crippen LogP contribution is 2.34. The molecular weight excluding hydrogens is 240 g/mol. The molecule has 19 heavy (non-hydrogen) atoms. The molecule has 3 nitrogen and oxygen atoms in total. The van der Waals surface area contributed by atoms with Gasteiger partial charge in [-0.05, 0) is 38.2 Å². The van der Waals surface area contributed by atoms with E-state index < -0.39 is 5.97 Å². The monoisotopic (exact) mass is 264 g/mol. The molecule has 0 heterocycles. The van der Waals surface area contributed by atoms with Gasteiger partial charge in [-0.25, -0.2) is 4.79 Å². The standard InChI is InChI=1S/C16H24O3/c1-11(2)10-19-16(18)12(3)15(13(4)17)14-8-6-5-7-9-14/h14-15H,1,3,5-10H2,2,4H3. The van der Waals surface area contributed by atoms with E-state index >= 15 is 0 Å². The summed E-state index contributed by atoms with van der Waals surface area (Å²) in [7, 11) is 0. The molecule has 1 aliphatic carbocycles. The summed E-state index contributed by atoms with van der Waals surface area (Å²) in [6.07, 6.45) is 5.47. The molecule has 0 amide bonds. The molecule has 0 aromatic carbocycles. The minimum absolute atomic E-state index is 0.0178. The van der Waals surface area contributed by atoms with Crippen LogP contribution in [0, 0.1) is 11.8 Å². The summed E-state index contributed by atoms with van der Waals surface area (Å²) in [6.45, 7) is 11.0. The number of rotatable bonds is 6. The lowest BCUT2D eigenvalue weighted by molar-refractivity contribution is -0.140. The van der Waals surface area contributed by atoms with E-state index in [0.717, 1.165) is 31.3 Å². The van der Waals surface area contributed by atoms with Crippen LogP contribution in [-0.4, -0.2) is 18.4 Å². The Morgan fingerprint density at radius 3 is 2.21 bits per heavy atom. The first-order valence-corrected chi connectivity index (χ1v) is 6.94. The average Bonchev–Trinajstić information content (AvgIpc) is 2.36. The largest absolute Gasteiger partial charge is 0.458 e. The number of carbonyl (C=O) groups is 2. The maximum Gasteiger partial charge on any atom is 0.334 e. The van der Waals surface area contributed by atoms with E-state index in [1.807, 2.05) is 0 Å². The normalized spacial score (nSPS) is 17.6. The van der Waals surface area contributed by atoms with Crippen LogP contribution in [0.25, 0.3) is 0 Å². The average molecular weight is 264 g/mol. The van der Waals surface area contributed by atoms with Crippen LogP contribution in [0.15, 0.2) is 24.3 Å². The van der Waals surface area contributed by atoms with Gasteiger partial charge < -0.3 is 4.74 Å². The maximum absolute atomic E-state index is 11.9. The SMILES string of the molecule is C=C(C)COC(=O)C(=C)C(C(C)=O)C1CCCCC1. The second-order valence-corrected chi connectivity index (χ2v) is 5.54. The van der Waals surface area contributed by atoms with Crippen LogP contribution in [0.1, 0.15) is 46.0 Å². The number of ketones is 1. The van der Waals surface area contributed by atoms with E-state index in [0.29, 0.717) is 5.57 Å². The number of carbonyl (C=O) groups excluding carboxylic acids is 2. The van der Waals surface area contributed by atoms with Crippen LogP contribution < -0.4 is 0 Å². The zero-order valence-corrected chi connectivity index (χ0v) is 12.0. The molecule has 0 spiro atoms. The van der Waals surface area contributed by atoms with Gasteiger partial charge in [0.1, 0.15) is 12.4 Å². The Bertz CT molecular complexity index is 375. The van der Waals surface area contributed by atoms with Crippen molar-refractivity contribution in [1.82, 2.24) is 0 Å². The van der Waals surface area contributed by atoms with Crippen LogP contribution in [0.3, 0.4) is 0 Å².